The van der Waals surface area contributed by atoms with Gasteiger partial charge >= 0.3 is 0 Å². The molecule has 114 valence electrons. The van der Waals surface area contributed by atoms with Gasteiger partial charge < -0.3 is 4.90 Å². The Morgan fingerprint density at radius 1 is 1.15 bits per heavy atom. The second-order valence-electron chi connectivity index (χ2n) is 7.40. The smallest absolute Gasteiger partial charge is 0.225 e. The highest BCUT2D eigenvalue weighted by Crippen LogP contribution is 2.39. The van der Waals surface area contributed by atoms with Crippen LogP contribution in [0.3, 0.4) is 0 Å². The molecule has 1 spiro atoms. The number of carbonyl (C=O) groups excluding carboxylic acids is 1. The first-order valence-electron chi connectivity index (χ1n) is 8.68. The number of hydrogen-bond donors (Lipinski definition) is 0. The highest BCUT2D eigenvalue weighted by Gasteiger charge is 2.44. The molecule has 20 heavy (non-hydrogen) atoms. The van der Waals surface area contributed by atoms with E-state index in [1.165, 1.54) is 38.6 Å². The zero-order valence-corrected chi connectivity index (χ0v) is 13.2. The number of carbonyl (C=O) groups is 1. The maximum Gasteiger partial charge on any atom is 0.225 e. The molecule has 3 aliphatic rings. The Morgan fingerprint density at radius 2 is 1.90 bits per heavy atom. The third kappa shape index (κ3) is 2.49. The molecular formula is C17H30N2O. The molecule has 2 aliphatic heterocycles. The fraction of sp³-hybridized carbons (Fsp3) is 0.941. The van der Waals surface area contributed by atoms with Gasteiger partial charge in [-0.15, -0.1) is 0 Å². The Balaban J connectivity index is 1.67. The van der Waals surface area contributed by atoms with Crippen molar-refractivity contribution in [2.75, 3.05) is 26.2 Å². The van der Waals surface area contributed by atoms with Crippen LogP contribution in [-0.4, -0.2) is 47.4 Å². The van der Waals surface area contributed by atoms with Gasteiger partial charge in [-0.1, -0.05) is 20.3 Å². The molecule has 1 saturated carbocycles. The van der Waals surface area contributed by atoms with E-state index in [1.807, 2.05) is 0 Å². The fourth-order valence-electron chi connectivity index (χ4n) is 4.77. The molecule has 3 heteroatoms. The summed E-state index contributed by atoms with van der Waals surface area (Å²) in [5.41, 5.74) is 0.316. The van der Waals surface area contributed by atoms with Gasteiger partial charge in [-0.05, 0) is 57.5 Å². The second kappa shape index (κ2) is 5.67. The van der Waals surface area contributed by atoms with Gasteiger partial charge in [0, 0.05) is 24.5 Å². The summed E-state index contributed by atoms with van der Waals surface area (Å²) in [5.74, 6) is 1.58. The van der Waals surface area contributed by atoms with Crippen molar-refractivity contribution in [1.82, 2.24) is 9.80 Å². The monoisotopic (exact) mass is 278 g/mol. The Morgan fingerprint density at radius 3 is 2.60 bits per heavy atom. The number of piperidine rings is 2. The van der Waals surface area contributed by atoms with Crippen LogP contribution in [0.25, 0.3) is 0 Å². The number of rotatable bonds is 2. The van der Waals surface area contributed by atoms with Crippen molar-refractivity contribution in [2.45, 2.75) is 64.3 Å². The highest BCUT2D eigenvalue weighted by molar-refractivity contribution is 5.80. The predicted octanol–water partition coefficient (Wildman–Crippen LogP) is 2.90. The predicted molar refractivity (Wildman–Crippen MR) is 81.5 cm³/mol. The van der Waals surface area contributed by atoms with Crippen LogP contribution < -0.4 is 0 Å². The molecule has 2 heterocycles. The van der Waals surface area contributed by atoms with E-state index in [4.69, 9.17) is 0 Å². The second-order valence-corrected chi connectivity index (χ2v) is 7.40. The minimum absolute atomic E-state index is 0.316. The summed E-state index contributed by atoms with van der Waals surface area (Å²) in [6, 6.07) is 0. The molecule has 1 amide bonds. The molecule has 3 rings (SSSR count). The Bertz CT molecular complexity index is 360. The van der Waals surface area contributed by atoms with Crippen molar-refractivity contribution in [3.63, 3.8) is 0 Å². The van der Waals surface area contributed by atoms with E-state index in [-0.39, 0.29) is 0 Å². The molecule has 1 unspecified atom stereocenters. The molecule has 0 aromatic rings. The van der Waals surface area contributed by atoms with Crippen LogP contribution >= 0.6 is 0 Å². The van der Waals surface area contributed by atoms with Crippen LogP contribution in [0.15, 0.2) is 0 Å². The van der Waals surface area contributed by atoms with Crippen molar-refractivity contribution >= 4 is 5.91 Å². The maximum absolute atomic E-state index is 12.7. The fourth-order valence-corrected chi connectivity index (χ4v) is 4.77. The number of nitrogens with zero attached hydrogens (tertiary/aromatic N) is 2. The molecule has 1 atom stereocenters. The molecule has 0 aromatic carbocycles. The lowest BCUT2D eigenvalue weighted by Gasteiger charge is -2.53. The van der Waals surface area contributed by atoms with E-state index in [2.05, 4.69) is 23.6 Å². The third-order valence-corrected chi connectivity index (χ3v) is 5.96. The first kappa shape index (κ1) is 14.4. The average Bonchev–Trinajstić information content (AvgIpc) is 2.44. The zero-order chi connectivity index (χ0) is 14.2. The largest absolute Gasteiger partial charge is 0.341 e. The number of amides is 1. The first-order valence-corrected chi connectivity index (χ1v) is 8.68. The van der Waals surface area contributed by atoms with Gasteiger partial charge in [0.25, 0.3) is 0 Å². The first-order chi connectivity index (χ1) is 9.64. The van der Waals surface area contributed by atoms with Gasteiger partial charge in [-0.2, -0.15) is 0 Å². The molecular weight excluding hydrogens is 248 g/mol. The SMILES string of the molecule is CCN1CCCCC12CCCN(C(=O)C1CC(C)C1)C2. The normalized spacial score (nSPS) is 38.8. The summed E-state index contributed by atoms with van der Waals surface area (Å²) in [6.45, 7) is 8.93. The summed E-state index contributed by atoms with van der Waals surface area (Å²) >= 11 is 0. The van der Waals surface area contributed by atoms with E-state index in [1.54, 1.807) is 0 Å². The average molecular weight is 278 g/mol. The summed E-state index contributed by atoms with van der Waals surface area (Å²) in [5, 5.41) is 0. The van der Waals surface area contributed by atoms with Crippen molar-refractivity contribution in [3.8, 4) is 0 Å². The van der Waals surface area contributed by atoms with Gasteiger partial charge in [0.1, 0.15) is 0 Å². The van der Waals surface area contributed by atoms with Crippen LogP contribution in [0.1, 0.15) is 58.8 Å². The molecule has 2 saturated heterocycles. The Hall–Kier alpha value is -0.570. The number of likely N-dealkylation sites (tertiary alicyclic amines) is 2. The zero-order valence-electron chi connectivity index (χ0n) is 13.2. The van der Waals surface area contributed by atoms with Crippen LogP contribution in [0, 0.1) is 11.8 Å². The summed E-state index contributed by atoms with van der Waals surface area (Å²) in [7, 11) is 0. The van der Waals surface area contributed by atoms with Crippen molar-refractivity contribution in [3.05, 3.63) is 0 Å². The Labute approximate surface area is 123 Å². The quantitative estimate of drug-likeness (QED) is 0.775. The standard InChI is InChI=1S/C17H30N2O/c1-3-19-10-5-4-7-17(19)8-6-9-18(13-17)16(20)15-11-14(2)12-15/h14-15H,3-13H2,1-2H3. The van der Waals surface area contributed by atoms with Gasteiger partial charge in [0.2, 0.25) is 5.91 Å². The maximum atomic E-state index is 12.7. The summed E-state index contributed by atoms with van der Waals surface area (Å²) < 4.78 is 0. The van der Waals surface area contributed by atoms with E-state index in [0.717, 1.165) is 38.4 Å². The Kier molecular flexibility index (Phi) is 4.07. The molecule has 3 nitrogen and oxygen atoms in total. The number of hydrogen-bond acceptors (Lipinski definition) is 2. The van der Waals surface area contributed by atoms with E-state index < -0.39 is 0 Å². The lowest BCUT2D eigenvalue weighted by molar-refractivity contribution is -0.145. The van der Waals surface area contributed by atoms with Gasteiger partial charge in [0.05, 0.1) is 0 Å². The van der Waals surface area contributed by atoms with E-state index >= 15 is 0 Å². The van der Waals surface area contributed by atoms with E-state index in [9.17, 15) is 4.79 Å². The van der Waals surface area contributed by atoms with Crippen LogP contribution in [0.2, 0.25) is 0 Å². The molecule has 3 fully saturated rings. The number of likely N-dealkylation sites (N-methyl/N-ethyl adjacent to an activating group) is 1. The highest BCUT2D eigenvalue weighted by atomic mass is 16.2. The molecule has 0 N–H and O–H groups in total. The minimum Gasteiger partial charge on any atom is -0.341 e. The van der Waals surface area contributed by atoms with Crippen LogP contribution in [0.4, 0.5) is 0 Å². The minimum atomic E-state index is 0.316. The molecule has 0 bridgehead atoms. The van der Waals surface area contributed by atoms with Crippen LogP contribution in [0.5, 0.6) is 0 Å². The molecule has 0 aromatic heterocycles. The van der Waals surface area contributed by atoms with Crippen molar-refractivity contribution in [1.29, 1.82) is 0 Å². The third-order valence-electron chi connectivity index (χ3n) is 5.96. The molecule has 1 aliphatic carbocycles. The lowest BCUT2D eigenvalue weighted by atomic mass is 9.74. The van der Waals surface area contributed by atoms with Crippen molar-refractivity contribution < 1.29 is 4.79 Å². The summed E-state index contributed by atoms with van der Waals surface area (Å²) in [6.07, 6.45) is 8.73. The van der Waals surface area contributed by atoms with Crippen LogP contribution in [-0.2, 0) is 4.79 Å². The van der Waals surface area contributed by atoms with Gasteiger partial charge in [-0.25, -0.2) is 0 Å². The van der Waals surface area contributed by atoms with E-state index in [0.29, 0.717) is 17.4 Å². The molecule has 0 radical (unpaired) electrons. The van der Waals surface area contributed by atoms with Gasteiger partial charge in [-0.3, -0.25) is 9.69 Å². The van der Waals surface area contributed by atoms with Gasteiger partial charge in [0.15, 0.2) is 0 Å². The van der Waals surface area contributed by atoms with Crippen molar-refractivity contribution in [2.24, 2.45) is 11.8 Å². The lowest BCUT2D eigenvalue weighted by Crippen LogP contribution is -2.62. The summed E-state index contributed by atoms with van der Waals surface area (Å²) in [4.78, 5) is 17.5. The topological polar surface area (TPSA) is 23.6 Å².